The van der Waals surface area contributed by atoms with Crippen LogP contribution in [-0.4, -0.2) is 51.5 Å². The van der Waals surface area contributed by atoms with Gasteiger partial charge in [0.15, 0.2) is 17.5 Å². The molecule has 0 unspecified atom stereocenters. The largest absolute Gasteiger partial charge is 0.454 e. The smallest absolute Gasteiger partial charge is 0.309 e. The van der Waals surface area contributed by atoms with E-state index in [4.69, 9.17) is 4.74 Å². The minimum absolute atomic E-state index is 0.00904. The van der Waals surface area contributed by atoms with Crippen molar-refractivity contribution in [2.24, 2.45) is 40.4 Å². The molecule has 5 aliphatic carbocycles. The van der Waals surface area contributed by atoms with Crippen LogP contribution in [0, 0.1) is 40.4 Å². The van der Waals surface area contributed by atoms with Gasteiger partial charge in [-0.3, -0.25) is 9.59 Å². The van der Waals surface area contributed by atoms with Crippen molar-refractivity contribution in [3.05, 3.63) is 23.3 Å². The molecule has 0 aromatic rings. The van der Waals surface area contributed by atoms with Crippen LogP contribution < -0.4 is 0 Å². The summed E-state index contributed by atoms with van der Waals surface area (Å²) in [7, 11) is 0. The van der Waals surface area contributed by atoms with Crippen molar-refractivity contribution in [3.63, 3.8) is 0 Å². The average molecular weight is 459 g/mol. The number of hydrogen-bond donors (Lipinski definition) is 3. The number of carbonyl (C=O) groups excluding carboxylic acids is 2. The van der Waals surface area contributed by atoms with E-state index in [1.165, 1.54) is 0 Å². The molecule has 3 saturated carbocycles. The molecule has 0 amide bonds. The van der Waals surface area contributed by atoms with Gasteiger partial charge < -0.3 is 20.1 Å². The molecule has 0 aromatic heterocycles. The van der Waals surface area contributed by atoms with Crippen molar-refractivity contribution in [3.8, 4) is 0 Å². The summed E-state index contributed by atoms with van der Waals surface area (Å²) in [6.07, 6.45) is 6.21. The first kappa shape index (κ1) is 23.3. The van der Waals surface area contributed by atoms with Gasteiger partial charge in [0.05, 0.1) is 17.9 Å². The summed E-state index contributed by atoms with van der Waals surface area (Å²) in [5.74, 6) is -0.992. The number of ketones is 1. The van der Waals surface area contributed by atoms with Gasteiger partial charge in [0.25, 0.3) is 0 Å². The van der Waals surface area contributed by atoms with Crippen LogP contribution in [0.4, 0.5) is 0 Å². The molecule has 6 heteroatoms. The van der Waals surface area contributed by atoms with Crippen molar-refractivity contribution < 1.29 is 29.6 Å². The second kappa shape index (κ2) is 7.50. The first-order chi connectivity index (χ1) is 15.5. The van der Waals surface area contributed by atoms with E-state index in [2.05, 4.69) is 13.8 Å². The first-order valence-electron chi connectivity index (χ1n) is 12.7. The van der Waals surface area contributed by atoms with Crippen LogP contribution in [0.25, 0.3) is 0 Å². The number of rotatable bonds is 3. The zero-order valence-electron chi connectivity index (χ0n) is 20.2. The molecule has 5 aliphatic rings. The summed E-state index contributed by atoms with van der Waals surface area (Å²) in [6, 6.07) is 0. The molecular formula is C27H38O6. The third-order valence-corrected chi connectivity index (χ3v) is 10.1. The second-order valence-electron chi connectivity index (χ2n) is 12.0. The van der Waals surface area contributed by atoms with E-state index in [1.54, 1.807) is 19.1 Å². The number of allylic oxidation sites excluding steroid dienone is 1. The lowest BCUT2D eigenvalue weighted by molar-refractivity contribution is -0.205. The van der Waals surface area contributed by atoms with Gasteiger partial charge in [-0.2, -0.15) is 0 Å². The van der Waals surface area contributed by atoms with Gasteiger partial charge >= 0.3 is 5.97 Å². The van der Waals surface area contributed by atoms with Gasteiger partial charge in [-0.1, -0.05) is 52.2 Å². The highest BCUT2D eigenvalue weighted by Crippen LogP contribution is 2.71. The predicted molar refractivity (Wildman–Crippen MR) is 122 cm³/mol. The van der Waals surface area contributed by atoms with Gasteiger partial charge in [-0.05, 0) is 60.5 Å². The van der Waals surface area contributed by atoms with Gasteiger partial charge in [-0.25, -0.2) is 0 Å². The number of Topliss-reactive ketones (excluding diaryl/α,β-unsaturated/α-hetero) is 1. The molecule has 6 nitrogen and oxygen atoms in total. The lowest BCUT2D eigenvalue weighted by Crippen LogP contribution is -2.66. The summed E-state index contributed by atoms with van der Waals surface area (Å²) < 4.78 is 5.98. The SMILES string of the molecule is CC1=C[C@]23C(=O)[C@@H](C=C(CO)[C@@H](O)[C@]2(O)[C@H]1OC(=O)C1CCCCC1)[C@H]1[C@@H](C[C@H]3C)C1(C)C. The fraction of sp³-hybridized carbons (Fsp3) is 0.778. The lowest BCUT2D eigenvalue weighted by atomic mass is 9.59. The van der Waals surface area contributed by atoms with Crippen molar-refractivity contribution in [1.82, 2.24) is 0 Å². The molecule has 0 saturated heterocycles. The molecule has 8 atom stereocenters. The Labute approximate surface area is 196 Å². The molecule has 0 radical (unpaired) electrons. The highest BCUT2D eigenvalue weighted by Gasteiger charge is 2.76. The van der Waals surface area contributed by atoms with Crippen molar-refractivity contribution >= 4 is 11.8 Å². The molecule has 0 heterocycles. The number of fused-ring (bicyclic) bond motifs is 3. The van der Waals surface area contributed by atoms with Crippen LogP contribution in [-0.2, 0) is 14.3 Å². The second-order valence-corrected chi connectivity index (χ2v) is 12.0. The van der Waals surface area contributed by atoms with E-state index >= 15 is 0 Å². The highest BCUT2D eigenvalue weighted by atomic mass is 16.6. The molecule has 3 fully saturated rings. The Morgan fingerprint density at radius 2 is 1.88 bits per heavy atom. The summed E-state index contributed by atoms with van der Waals surface area (Å²) in [6.45, 7) is 7.63. The molecule has 3 N–H and O–H groups in total. The van der Waals surface area contributed by atoms with Crippen molar-refractivity contribution in [1.29, 1.82) is 0 Å². The van der Waals surface area contributed by atoms with Crippen LogP contribution in [0.2, 0.25) is 0 Å². The third-order valence-electron chi connectivity index (χ3n) is 10.1. The first-order valence-corrected chi connectivity index (χ1v) is 12.7. The Morgan fingerprint density at radius 1 is 1.21 bits per heavy atom. The number of carbonyl (C=O) groups is 2. The number of esters is 1. The minimum Gasteiger partial charge on any atom is -0.454 e. The molecule has 2 bridgehead atoms. The topological polar surface area (TPSA) is 104 Å². The zero-order chi connectivity index (χ0) is 23.9. The molecule has 1 spiro atoms. The summed E-state index contributed by atoms with van der Waals surface area (Å²) in [4.78, 5) is 27.4. The van der Waals surface area contributed by atoms with E-state index in [0.717, 1.165) is 38.5 Å². The van der Waals surface area contributed by atoms with E-state index < -0.39 is 35.7 Å². The van der Waals surface area contributed by atoms with Crippen LogP contribution in [0.1, 0.15) is 66.2 Å². The standard InChI is InChI=1S/C27H38O6/c1-14-12-26-15(2)10-19-20(25(19,3)4)18(22(26)30)11-17(13-28)21(29)27(26,32)23(14)33-24(31)16-8-6-5-7-9-16/h11-12,15-16,18-21,23,28-29,32H,5-10,13H2,1-4H3/t15-,18+,19-,20+,21-,23+,26+,27+/m1/s1. The molecule has 33 heavy (non-hydrogen) atoms. The fourth-order valence-electron chi connectivity index (χ4n) is 8.14. The Hall–Kier alpha value is -1.50. The highest BCUT2D eigenvalue weighted by molar-refractivity contribution is 5.95. The van der Waals surface area contributed by atoms with Gasteiger partial charge in [-0.15, -0.1) is 0 Å². The Bertz CT molecular complexity index is 927. The van der Waals surface area contributed by atoms with Gasteiger partial charge in [0.1, 0.15) is 6.10 Å². The maximum absolute atomic E-state index is 14.3. The van der Waals surface area contributed by atoms with E-state index in [9.17, 15) is 24.9 Å². The lowest BCUT2D eigenvalue weighted by Gasteiger charge is -2.49. The molecule has 0 aromatic carbocycles. The average Bonchev–Trinajstić information content (AvgIpc) is 3.28. The predicted octanol–water partition coefficient (Wildman–Crippen LogP) is 2.95. The maximum Gasteiger partial charge on any atom is 0.309 e. The van der Waals surface area contributed by atoms with Gasteiger partial charge in [0.2, 0.25) is 0 Å². The molecule has 0 aliphatic heterocycles. The number of aliphatic hydroxyl groups excluding tert-OH is 2. The van der Waals surface area contributed by atoms with E-state index in [1.807, 2.05) is 6.92 Å². The third kappa shape index (κ3) is 2.90. The van der Waals surface area contributed by atoms with E-state index in [0.29, 0.717) is 11.5 Å². The monoisotopic (exact) mass is 458 g/mol. The summed E-state index contributed by atoms with van der Waals surface area (Å²) in [5.41, 5.74) is -2.56. The van der Waals surface area contributed by atoms with Crippen molar-refractivity contribution in [2.45, 2.75) is 84.0 Å². The van der Waals surface area contributed by atoms with Gasteiger partial charge in [0, 0.05) is 5.92 Å². The van der Waals surface area contributed by atoms with Crippen LogP contribution in [0.5, 0.6) is 0 Å². The summed E-state index contributed by atoms with van der Waals surface area (Å²) >= 11 is 0. The van der Waals surface area contributed by atoms with E-state index in [-0.39, 0.29) is 40.5 Å². The number of ether oxygens (including phenoxy) is 1. The normalized spacial score (nSPS) is 46.3. The van der Waals surface area contributed by atoms with Crippen LogP contribution in [0.3, 0.4) is 0 Å². The van der Waals surface area contributed by atoms with Crippen molar-refractivity contribution in [2.75, 3.05) is 6.61 Å². The summed E-state index contributed by atoms with van der Waals surface area (Å²) in [5, 5.41) is 34.1. The number of hydrogen-bond acceptors (Lipinski definition) is 6. The van der Waals surface area contributed by atoms with Crippen LogP contribution in [0.15, 0.2) is 23.3 Å². The van der Waals surface area contributed by atoms with Crippen LogP contribution >= 0.6 is 0 Å². The fourth-order valence-corrected chi connectivity index (χ4v) is 8.14. The Kier molecular flexibility index (Phi) is 5.28. The molecule has 182 valence electrons. The Balaban J connectivity index is 1.60. The Morgan fingerprint density at radius 3 is 2.52 bits per heavy atom. The maximum atomic E-state index is 14.3. The molecule has 5 rings (SSSR count). The zero-order valence-corrected chi connectivity index (χ0v) is 20.2. The number of aliphatic hydroxyl groups is 3. The molecular weight excluding hydrogens is 420 g/mol. The minimum atomic E-state index is -2.04. The quantitative estimate of drug-likeness (QED) is 0.444.